The molecule has 0 saturated heterocycles. The van der Waals surface area contributed by atoms with Crippen LogP contribution in [0.5, 0.6) is 5.75 Å². The zero-order valence-electron chi connectivity index (χ0n) is 11.6. The van der Waals surface area contributed by atoms with Crippen LogP contribution in [-0.2, 0) is 16.1 Å². The van der Waals surface area contributed by atoms with Crippen molar-refractivity contribution in [2.75, 3.05) is 13.7 Å². The Morgan fingerprint density at radius 1 is 1.32 bits per heavy atom. The van der Waals surface area contributed by atoms with Gasteiger partial charge in [0.1, 0.15) is 18.4 Å². The van der Waals surface area contributed by atoms with Crippen molar-refractivity contribution in [1.29, 1.82) is 0 Å². The molecular formula is C14H21NO4. The van der Waals surface area contributed by atoms with Crippen LogP contribution in [0.25, 0.3) is 0 Å². The van der Waals surface area contributed by atoms with Crippen LogP contribution >= 0.6 is 0 Å². The van der Waals surface area contributed by atoms with Gasteiger partial charge in [-0.2, -0.15) is 0 Å². The fourth-order valence-electron chi connectivity index (χ4n) is 1.60. The van der Waals surface area contributed by atoms with Gasteiger partial charge >= 0.3 is 5.97 Å². The third-order valence-electron chi connectivity index (χ3n) is 2.54. The molecule has 0 fully saturated rings. The lowest BCUT2D eigenvalue weighted by molar-refractivity contribution is -0.144. The lowest BCUT2D eigenvalue weighted by Crippen LogP contribution is -2.45. The molecular weight excluding hydrogens is 246 g/mol. The molecule has 1 atom stereocenters. The van der Waals surface area contributed by atoms with E-state index in [4.69, 9.17) is 14.6 Å². The molecule has 0 aromatic heterocycles. The van der Waals surface area contributed by atoms with Gasteiger partial charge in [0.25, 0.3) is 0 Å². The number of benzene rings is 1. The number of hydrogen-bond acceptors (Lipinski definition) is 5. The molecule has 19 heavy (non-hydrogen) atoms. The number of hydrogen-bond donors (Lipinski definition) is 2. The van der Waals surface area contributed by atoms with E-state index in [9.17, 15) is 4.79 Å². The quantitative estimate of drug-likeness (QED) is 0.724. The topological polar surface area (TPSA) is 67.8 Å². The summed E-state index contributed by atoms with van der Waals surface area (Å²) in [6.45, 7) is 4.10. The minimum Gasteiger partial charge on any atom is -0.491 e. The summed E-state index contributed by atoms with van der Waals surface area (Å²) in [6, 6.07) is 6.73. The van der Waals surface area contributed by atoms with Gasteiger partial charge in [-0.1, -0.05) is 26.0 Å². The van der Waals surface area contributed by atoms with Crippen molar-refractivity contribution < 1.29 is 19.4 Å². The van der Waals surface area contributed by atoms with E-state index < -0.39 is 6.04 Å². The van der Waals surface area contributed by atoms with Gasteiger partial charge in [0, 0.05) is 6.04 Å². The summed E-state index contributed by atoms with van der Waals surface area (Å²) in [7, 11) is 1.35. The van der Waals surface area contributed by atoms with Gasteiger partial charge < -0.3 is 14.6 Å². The van der Waals surface area contributed by atoms with E-state index in [1.807, 2.05) is 13.8 Å². The highest BCUT2D eigenvalue weighted by atomic mass is 16.5. The summed E-state index contributed by atoms with van der Waals surface area (Å²) in [4.78, 5) is 11.6. The molecule has 0 radical (unpaired) electrons. The average molecular weight is 267 g/mol. The van der Waals surface area contributed by atoms with Gasteiger partial charge in [-0.05, 0) is 17.7 Å². The maximum Gasteiger partial charge on any atom is 0.326 e. The van der Waals surface area contributed by atoms with Crippen molar-refractivity contribution >= 4 is 5.97 Å². The second kappa shape index (κ2) is 7.76. The van der Waals surface area contributed by atoms with Crippen LogP contribution in [0, 0.1) is 0 Å². The van der Waals surface area contributed by atoms with E-state index in [1.165, 1.54) is 7.11 Å². The van der Waals surface area contributed by atoms with Crippen molar-refractivity contribution in [3.8, 4) is 5.75 Å². The van der Waals surface area contributed by atoms with Crippen LogP contribution in [0.4, 0.5) is 0 Å². The third-order valence-corrected chi connectivity index (χ3v) is 2.54. The monoisotopic (exact) mass is 267 g/mol. The van der Waals surface area contributed by atoms with Crippen LogP contribution < -0.4 is 10.1 Å². The SMILES string of the molecule is COC(=O)C(COc1ccc(CO)cc1)NC(C)C. The second-order valence-corrected chi connectivity index (χ2v) is 4.51. The maximum atomic E-state index is 11.6. The Kier molecular flexibility index (Phi) is 6.32. The van der Waals surface area contributed by atoms with E-state index in [-0.39, 0.29) is 25.2 Å². The lowest BCUT2D eigenvalue weighted by atomic mass is 10.2. The molecule has 1 rings (SSSR count). The molecule has 0 aliphatic carbocycles. The Bertz CT molecular complexity index is 389. The Morgan fingerprint density at radius 2 is 1.95 bits per heavy atom. The molecule has 0 aliphatic heterocycles. The van der Waals surface area contributed by atoms with Gasteiger partial charge in [0.2, 0.25) is 0 Å². The van der Waals surface area contributed by atoms with Crippen molar-refractivity contribution in [2.24, 2.45) is 0 Å². The van der Waals surface area contributed by atoms with E-state index >= 15 is 0 Å². The Hall–Kier alpha value is -1.59. The number of esters is 1. The van der Waals surface area contributed by atoms with E-state index in [0.29, 0.717) is 5.75 Å². The van der Waals surface area contributed by atoms with Crippen LogP contribution in [-0.4, -0.2) is 36.9 Å². The van der Waals surface area contributed by atoms with Crippen LogP contribution in [0.2, 0.25) is 0 Å². The molecule has 0 saturated carbocycles. The van der Waals surface area contributed by atoms with Crippen molar-refractivity contribution in [1.82, 2.24) is 5.32 Å². The first kappa shape index (κ1) is 15.5. The zero-order chi connectivity index (χ0) is 14.3. The van der Waals surface area contributed by atoms with Crippen LogP contribution in [0.3, 0.4) is 0 Å². The summed E-state index contributed by atoms with van der Waals surface area (Å²) < 4.78 is 10.3. The highest BCUT2D eigenvalue weighted by molar-refractivity contribution is 5.75. The number of carbonyl (C=O) groups is 1. The van der Waals surface area contributed by atoms with Gasteiger partial charge in [0.15, 0.2) is 0 Å². The molecule has 5 nitrogen and oxygen atoms in total. The first-order chi connectivity index (χ1) is 9.06. The maximum absolute atomic E-state index is 11.6. The number of nitrogens with one attached hydrogen (secondary N) is 1. The number of methoxy groups -OCH3 is 1. The molecule has 1 unspecified atom stereocenters. The minimum absolute atomic E-state index is 0.0000292. The van der Waals surface area contributed by atoms with Gasteiger partial charge in [-0.25, -0.2) is 0 Å². The number of aliphatic hydroxyl groups is 1. The fraction of sp³-hybridized carbons (Fsp3) is 0.500. The largest absolute Gasteiger partial charge is 0.491 e. The molecule has 0 heterocycles. The highest BCUT2D eigenvalue weighted by Crippen LogP contribution is 2.12. The molecule has 1 aromatic rings. The number of ether oxygens (including phenoxy) is 2. The van der Waals surface area contributed by atoms with Crippen molar-refractivity contribution in [3.63, 3.8) is 0 Å². The number of rotatable bonds is 7. The van der Waals surface area contributed by atoms with Crippen LogP contribution in [0.1, 0.15) is 19.4 Å². The molecule has 5 heteroatoms. The van der Waals surface area contributed by atoms with Gasteiger partial charge in [-0.15, -0.1) is 0 Å². The normalized spacial score (nSPS) is 12.3. The number of aliphatic hydroxyl groups excluding tert-OH is 1. The molecule has 0 bridgehead atoms. The summed E-state index contributed by atoms with van der Waals surface area (Å²) in [6.07, 6.45) is 0. The third kappa shape index (κ3) is 5.28. The molecule has 0 amide bonds. The summed E-state index contributed by atoms with van der Waals surface area (Å²) in [5.41, 5.74) is 0.817. The zero-order valence-corrected chi connectivity index (χ0v) is 11.6. The molecule has 0 spiro atoms. The second-order valence-electron chi connectivity index (χ2n) is 4.51. The predicted molar refractivity (Wildman–Crippen MR) is 71.9 cm³/mol. The molecule has 0 aliphatic rings. The minimum atomic E-state index is -0.498. The molecule has 1 aromatic carbocycles. The van der Waals surface area contributed by atoms with Crippen LogP contribution in [0.15, 0.2) is 24.3 Å². The van der Waals surface area contributed by atoms with E-state index in [0.717, 1.165) is 5.56 Å². The summed E-state index contributed by atoms with van der Waals surface area (Å²) in [5.74, 6) is 0.303. The predicted octanol–water partition coefficient (Wildman–Crippen LogP) is 1.10. The molecule has 106 valence electrons. The smallest absolute Gasteiger partial charge is 0.326 e. The Morgan fingerprint density at radius 3 is 2.42 bits per heavy atom. The standard InChI is InChI=1S/C14H21NO4/c1-10(2)15-13(14(17)18-3)9-19-12-6-4-11(8-16)5-7-12/h4-7,10,13,15-16H,8-9H2,1-3H3. The summed E-state index contributed by atoms with van der Waals surface area (Å²) >= 11 is 0. The number of carbonyl (C=O) groups excluding carboxylic acids is 1. The van der Waals surface area contributed by atoms with E-state index in [2.05, 4.69) is 5.32 Å². The van der Waals surface area contributed by atoms with Crippen molar-refractivity contribution in [3.05, 3.63) is 29.8 Å². The lowest BCUT2D eigenvalue weighted by Gasteiger charge is -2.19. The molecule has 2 N–H and O–H groups in total. The first-order valence-corrected chi connectivity index (χ1v) is 6.23. The van der Waals surface area contributed by atoms with E-state index in [1.54, 1.807) is 24.3 Å². The Balaban J connectivity index is 2.56. The van der Waals surface area contributed by atoms with Crippen molar-refractivity contribution in [2.45, 2.75) is 32.5 Å². The fourth-order valence-corrected chi connectivity index (χ4v) is 1.60. The highest BCUT2D eigenvalue weighted by Gasteiger charge is 2.20. The first-order valence-electron chi connectivity index (χ1n) is 6.23. The summed E-state index contributed by atoms with van der Waals surface area (Å²) in [5, 5.41) is 12.0. The average Bonchev–Trinajstić information content (AvgIpc) is 2.42. The van der Waals surface area contributed by atoms with Gasteiger partial charge in [0.05, 0.1) is 13.7 Å². The van der Waals surface area contributed by atoms with Gasteiger partial charge in [-0.3, -0.25) is 10.1 Å². The Labute approximate surface area is 113 Å².